The number of para-hydroxylation sites is 2. The van der Waals surface area contributed by atoms with Gasteiger partial charge in [0, 0.05) is 19.7 Å². The van der Waals surface area contributed by atoms with Gasteiger partial charge < -0.3 is 14.5 Å². The molecule has 2 aromatic rings. The van der Waals surface area contributed by atoms with Gasteiger partial charge in [0.1, 0.15) is 5.69 Å². The zero-order chi connectivity index (χ0) is 16.4. The molecule has 1 aromatic carbocycles. The van der Waals surface area contributed by atoms with Gasteiger partial charge >= 0.3 is 0 Å². The van der Waals surface area contributed by atoms with Gasteiger partial charge in [0.25, 0.3) is 11.4 Å². The second-order valence-electron chi connectivity index (χ2n) is 5.55. The number of hydrogen-bond donors (Lipinski definition) is 0. The van der Waals surface area contributed by atoms with Crippen LogP contribution in [0.5, 0.6) is 11.6 Å². The van der Waals surface area contributed by atoms with Gasteiger partial charge in [0.15, 0.2) is 5.75 Å². The van der Waals surface area contributed by atoms with Gasteiger partial charge in [-0.2, -0.15) is 0 Å². The average Bonchev–Trinajstić information content (AvgIpc) is 2.57. The van der Waals surface area contributed by atoms with E-state index in [1.807, 2.05) is 36.2 Å². The van der Waals surface area contributed by atoms with E-state index in [-0.39, 0.29) is 5.56 Å². The molecule has 122 valence electrons. The molecule has 3 rings (SSSR count). The van der Waals surface area contributed by atoms with Crippen LogP contribution in [0.3, 0.4) is 0 Å². The van der Waals surface area contributed by atoms with Gasteiger partial charge in [-0.15, -0.1) is 5.10 Å². The predicted molar refractivity (Wildman–Crippen MR) is 90.9 cm³/mol. The van der Waals surface area contributed by atoms with Gasteiger partial charge in [-0.25, -0.2) is 4.68 Å². The number of hydrogen-bond acceptors (Lipinski definition) is 5. The van der Waals surface area contributed by atoms with Gasteiger partial charge in [0.05, 0.1) is 12.2 Å². The number of fused-ring (bicyclic) bond motifs is 2. The molecule has 0 N–H and O–H groups in total. The molecule has 0 saturated heterocycles. The molecule has 0 bridgehead atoms. The fraction of sp³-hybridized carbons (Fsp3) is 0.412. The maximum atomic E-state index is 12.3. The molecular weight excluding hydrogens is 292 g/mol. The minimum absolute atomic E-state index is 0.106. The summed E-state index contributed by atoms with van der Waals surface area (Å²) in [5, 5.41) is 4.42. The summed E-state index contributed by atoms with van der Waals surface area (Å²) in [6, 6.07) is 9.34. The van der Waals surface area contributed by atoms with Crippen LogP contribution >= 0.6 is 0 Å². The lowest BCUT2D eigenvalue weighted by molar-refractivity contribution is 0.280. The third kappa shape index (κ3) is 2.94. The minimum atomic E-state index is -0.106. The number of benzene rings is 1. The number of ether oxygens (including phenoxy) is 1. The fourth-order valence-corrected chi connectivity index (χ4v) is 2.77. The second kappa shape index (κ2) is 6.42. The molecule has 1 aliphatic rings. The molecule has 0 radical (unpaired) electrons. The van der Waals surface area contributed by atoms with E-state index >= 15 is 0 Å². The SMILES string of the molecule is CCN(CC)CCn1nc2c(cc1=O)N(C)c1ccccc1O2. The van der Waals surface area contributed by atoms with E-state index in [1.165, 1.54) is 4.68 Å². The maximum Gasteiger partial charge on any atom is 0.269 e. The number of rotatable bonds is 5. The van der Waals surface area contributed by atoms with Gasteiger partial charge in [-0.3, -0.25) is 4.79 Å². The Morgan fingerprint density at radius 1 is 1.17 bits per heavy atom. The topological polar surface area (TPSA) is 50.6 Å². The van der Waals surface area contributed by atoms with Crippen molar-refractivity contribution in [3.8, 4) is 11.6 Å². The van der Waals surface area contributed by atoms with Crippen LogP contribution in [-0.4, -0.2) is 41.4 Å². The molecule has 6 heteroatoms. The van der Waals surface area contributed by atoms with Crippen molar-refractivity contribution in [2.24, 2.45) is 0 Å². The first-order valence-corrected chi connectivity index (χ1v) is 7.99. The highest BCUT2D eigenvalue weighted by atomic mass is 16.5. The first-order chi connectivity index (χ1) is 11.1. The molecule has 23 heavy (non-hydrogen) atoms. The van der Waals surface area contributed by atoms with Crippen molar-refractivity contribution in [2.45, 2.75) is 20.4 Å². The smallest absolute Gasteiger partial charge is 0.269 e. The first-order valence-electron chi connectivity index (χ1n) is 7.99. The monoisotopic (exact) mass is 314 g/mol. The Kier molecular flexibility index (Phi) is 4.34. The van der Waals surface area contributed by atoms with E-state index in [2.05, 4.69) is 23.8 Å². The Balaban J connectivity index is 1.90. The van der Waals surface area contributed by atoms with Crippen LogP contribution in [0.25, 0.3) is 0 Å². The zero-order valence-electron chi connectivity index (χ0n) is 13.8. The predicted octanol–water partition coefficient (Wildman–Crippen LogP) is 2.46. The summed E-state index contributed by atoms with van der Waals surface area (Å²) < 4.78 is 7.36. The fourth-order valence-electron chi connectivity index (χ4n) is 2.77. The third-order valence-electron chi connectivity index (χ3n) is 4.26. The molecule has 0 atom stereocenters. The van der Waals surface area contributed by atoms with E-state index in [0.717, 1.165) is 31.1 Å². The average molecular weight is 314 g/mol. The Labute approximate surface area is 135 Å². The summed E-state index contributed by atoms with van der Waals surface area (Å²) in [5.74, 6) is 1.23. The maximum absolute atomic E-state index is 12.3. The normalized spacial score (nSPS) is 12.8. The molecule has 0 amide bonds. The Morgan fingerprint density at radius 3 is 2.65 bits per heavy atom. The van der Waals surface area contributed by atoms with Crippen LogP contribution < -0.4 is 15.2 Å². The summed E-state index contributed by atoms with van der Waals surface area (Å²) >= 11 is 0. The van der Waals surface area contributed by atoms with E-state index in [4.69, 9.17) is 4.74 Å². The van der Waals surface area contributed by atoms with E-state index in [1.54, 1.807) is 6.07 Å². The number of likely N-dealkylation sites (N-methyl/N-ethyl adjacent to an activating group) is 1. The van der Waals surface area contributed by atoms with Crippen molar-refractivity contribution in [2.75, 3.05) is 31.6 Å². The molecule has 2 heterocycles. The van der Waals surface area contributed by atoms with Crippen molar-refractivity contribution in [3.63, 3.8) is 0 Å². The Hall–Kier alpha value is -2.34. The molecule has 1 aromatic heterocycles. The van der Waals surface area contributed by atoms with Crippen LogP contribution in [0, 0.1) is 0 Å². The van der Waals surface area contributed by atoms with Gasteiger partial charge in [-0.1, -0.05) is 26.0 Å². The summed E-state index contributed by atoms with van der Waals surface area (Å²) in [6.45, 7) is 7.50. The quantitative estimate of drug-likeness (QED) is 0.848. The lowest BCUT2D eigenvalue weighted by Gasteiger charge is -2.28. The highest BCUT2D eigenvalue weighted by molar-refractivity contribution is 5.75. The minimum Gasteiger partial charge on any atom is -0.434 e. The standard InChI is InChI=1S/C17H22N4O2/c1-4-20(5-2)10-11-21-16(22)12-14-17(18-21)23-15-9-7-6-8-13(15)19(14)3/h6-9,12H,4-5,10-11H2,1-3H3. The Bertz CT molecular complexity index is 752. The van der Waals surface area contributed by atoms with Gasteiger partial charge in [-0.05, 0) is 25.2 Å². The molecule has 0 spiro atoms. The summed E-state index contributed by atoms with van der Waals surface area (Å²) in [6.07, 6.45) is 0. The number of nitrogens with zero attached hydrogens (tertiary/aromatic N) is 4. The molecule has 0 unspecified atom stereocenters. The van der Waals surface area contributed by atoms with Crippen molar-refractivity contribution in [1.29, 1.82) is 0 Å². The largest absolute Gasteiger partial charge is 0.434 e. The first kappa shape index (κ1) is 15.6. The molecule has 1 aliphatic heterocycles. The van der Waals surface area contributed by atoms with E-state index < -0.39 is 0 Å². The molecule has 0 aliphatic carbocycles. The van der Waals surface area contributed by atoms with Crippen molar-refractivity contribution in [3.05, 3.63) is 40.7 Å². The molecule has 0 saturated carbocycles. The van der Waals surface area contributed by atoms with E-state index in [9.17, 15) is 4.79 Å². The number of aromatic nitrogens is 2. The van der Waals surface area contributed by atoms with Crippen LogP contribution in [0.4, 0.5) is 11.4 Å². The second-order valence-corrected chi connectivity index (χ2v) is 5.55. The van der Waals surface area contributed by atoms with Gasteiger partial charge in [0.2, 0.25) is 0 Å². The summed E-state index contributed by atoms with van der Waals surface area (Å²) in [5.41, 5.74) is 1.53. The highest BCUT2D eigenvalue weighted by Crippen LogP contribution is 2.43. The molecular formula is C17H22N4O2. The van der Waals surface area contributed by atoms with Crippen molar-refractivity contribution in [1.82, 2.24) is 14.7 Å². The Morgan fingerprint density at radius 2 is 1.91 bits per heavy atom. The van der Waals surface area contributed by atoms with Crippen molar-refractivity contribution >= 4 is 11.4 Å². The summed E-state index contributed by atoms with van der Waals surface area (Å²) in [4.78, 5) is 16.5. The highest BCUT2D eigenvalue weighted by Gasteiger charge is 2.24. The number of anilines is 2. The molecule has 0 fully saturated rings. The molecule has 6 nitrogen and oxygen atoms in total. The van der Waals surface area contributed by atoms with Crippen LogP contribution in [0.2, 0.25) is 0 Å². The van der Waals surface area contributed by atoms with Crippen molar-refractivity contribution < 1.29 is 4.74 Å². The zero-order valence-corrected chi connectivity index (χ0v) is 13.8. The lowest BCUT2D eigenvalue weighted by atomic mass is 10.2. The van der Waals surface area contributed by atoms with Crippen LogP contribution in [-0.2, 0) is 6.54 Å². The third-order valence-corrected chi connectivity index (χ3v) is 4.26. The van der Waals surface area contributed by atoms with Crippen LogP contribution in [0.15, 0.2) is 35.1 Å². The lowest BCUT2D eigenvalue weighted by Crippen LogP contribution is -2.33. The van der Waals surface area contributed by atoms with E-state index in [0.29, 0.717) is 18.1 Å². The van der Waals surface area contributed by atoms with Crippen LogP contribution in [0.1, 0.15) is 13.8 Å². The summed E-state index contributed by atoms with van der Waals surface area (Å²) in [7, 11) is 1.92.